The summed E-state index contributed by atoms with van der Waals surface area (Å²) in [6, 6.07) is 0.800. The standard InChI is InChI=1S/C8H16N2O2/c1-6-3-4-7(5-9-6)10-8(11)12-2/h6-7,9H,3-5H2,1-2H3,(H,10,11). The minimum atomic E-state index is -0.337. The van der Waals surface area contributed by atoms with Crippen LogP contribution in [0.15, 0.2) is 0 Å². The minimum absolute atomic E-state index is 0.230. The topological polar surface area (TPSA) is 50.4 Å². The molecular weight excluding hydrogens is 156 g/mol. The van der Waals surface area contributed by atoms with Crippen molar-refractivity contribution in [3.8, 4) is 0 Å². The van der Waals surface area contributed by atoms with Gasteiger partial charge in [0.25, 0.3) is 0 Å². The second-order valence-electron chi connectivity index (χ2n) is 3.22. The fraction of sp³-hybridized carbons (Fsp3) is 0.875. The molecule has 0 spiro atoms. The number of carbonyl (C=O) groups excluding carboxylic acids is 1. The molecule has 1 fully saturated rings. The van der Waals surface area contributed by atoms with Crippen LogP contribution in [0.25, 0.3) is 0 Å². The van der Waals surface area contributed by atoms with E-state index in [0.29, 0.717) is 6.04 Å². The Morgan fingerprint density at radius 1 is 1.58 bits per heavy atom. The lowest BCUT2D eigenvalue weighted by Crippen LogP contribution is -2.48. The Labute approximate surface area is 72.7 Å². The Balaban J connectivity index is 2.21. The monoisotopic (exact) mass is 172 g/mol. The second-order valence-corrected chi connectivity index (χ2v) is 3.22. The van der Waals surface area contributed by atoms with Crippen LogP contribution >= 0.6 is 0 Å². The van der Waals surface area contributed by atoms with Gasteiger partial charge < -0.3 is 15.4 Å². The third-order valence-corrected chi connectivity index (χ3v) is 2.17. The molecule has 12 heavy (non-hydrogen) atoms. The molecular formula is C8H16N2O2. The number of nitrogens with one attached hydrogen (secondary N) is 2. The molecule has 1 heterocycles. The lowest BCUT2D eigenvalue weighted by atomic mass is 10.0. The number of piperidine rings is 1. The number of hydrogen-bond acceptors (Lipinski definition) is 3. The van der Waals surface area contributed by atoms with Crippen LogP contribution in [0.3, 0.4) is 0 Å². The number of hydrogen-bond donors (Lipinski definition) is 2. The normalized spacial score (nSPS) is 29.5. The molecule has 70 valence electrons. The predicted octanol–water partition coefficient (Wildman–Crippen LogP) is 0.483. The molecule has 2 N–H and O–H groups in total. The molecule has 1 rings (SSSR count). The van der Waals surface area contributed by atoms with E-state index in [0.717, 1.165) is 19.4 Å². The SMILES string of the molecule is COC(=O)NC1CCC(C)NC1. The van der Waals surface area contributed by atoms with E-state index in [4.69, 9.17) is 0 Å². The summed E-state index contributed by atoms with van der Waals surface area (Å²) in [6.45, 7) is 2.99. The Bertz CT molecular complexity index is 153. The molecule has 1 saturated heterocycles. The van der Waals surface area contributed by atoms with Crippen LogP contribution in [-0.2, 0) is 4.74 Å². The Morgan fingerprint density at radius 2 is 2.33 bits per heavy atom. The van der Waals surface area contributed by atoms with Gasteiger partial charge in [0.1, 0.15) is 0 Å². The van der Waals surface area contributed by atoms with Gasteiger partial charge in [-0.15, -0.1) is 0 Å². The zero-order valence-corrected chi connectivity index (χ0v) is 7.59. The van der Waals surface area contributed by atoms with Crippen LogP contribution in [0.1, 0.15) is 19.8 Å². The molecule has 2 atom stereocenters. The van der Waals surface area contributed by atoms with Crippen molar-refractivity contribution in [1.29, 1.82) is 0 Å². The van der Waals surface area contributed by atoms with Crippen molar-refractivity contribution in [3.63, 3.8) is 0 Å². The zero-order chi connectivity index (χ0) is 8.97. The molecule has 1 aliphatic heterocycles. The van der Waals surface area contributed by atoms with E-state index < -0.39 is 0 Å². The van der Waals surface area contributed by atoms with E-state index in [-0.39, 0.29) is 12.1 Å². The first-order valence-electron chi connectivity index (χ1n) is 4.30. The number of amides is 1. The lowest BCUT2D eigenvalue weighted by molar-refractivity contribution is 0.163. The third-order valence-electron chi connectivity index (χ3n) is 2.17. The van der Waals surface area contributed by atoms with Crippen molar-refractivity contribution in [2.75, 3.05) is 13.7 Å². The van der Waals surface area contributed by atoms with Crippen molar-refractivity contribution in [1.82, 2.24) is 10.6 Å². The van der Waals surface area contributed by atoms with Crippen molar-refractivity contribution in [2.45, 2.75) is 31.8 Å². The van der Waals surface area contributed by atoms with Crippen LogP contribution in [0.2, 0.25) is 0 Å². The molecule has 4 heteroatoms. The van der Waals surface area contributed by atoms with Crippen LogP contribution in [-0.4, -0.2) is 31.8 Å². The van der Waals surface area contributed by atoms with Crippen LogP contribution in [0.4, 0.5) is 4.79 Å². The molecule has 0 aromatic carbocycles. The van der Waals surface area contributed by atoms with E-state index in [1.165, 1.54) is 7.11 Å². The highest BCUT2D eigenvalue weighted by Gasteiger charge is 2.18. The third kappa shape index (κ3) is 2.70. The van der Waals surface area contributed by atoms with Crippen molar-refractivity contribution < 1.29 is 9.53 Å². The first-order chi connectivity index (χ1) is 5.72. The summed E-state index contributed by atoms with van der Waals surface area (Å²) in [5.74, 6) is 0. The van der Waals surface area contributed by atoms with Crippen molar-refractivity contribution >= 4 is 6.09 Å². The zero-order valence-electron chi connectivity index (χ0n) is 7.59. The van der Waals surface area contributed by atoms with Gasteiger partial charge in [-0.3, -0.25) is 0 Å². The molecule has 0 saturated carbocycles. The van der Waals surface area contributed by atoms with Gasteiger partial charge in [0.15, 0.2) is 0 Å². The lowest BCUT2D eigenvalue weighted by Gasteiger charge is -2.27. The molecule has 0 aliphatic carbocycles. The summed E-state index contributed by atoms with van der Waals surface area (Å²) in [6.07, 6.45) is 1.80. The van der Waals surface area contributed by atoms with Gasteiger partial charge >= 0.3 is 6.09 Å². The maximum Gasteiger partial charge on any atom is 0.407 e. The summed E-state index contributed by atoms with van der Waals surface area (Å²) in [4.78, 5) is 10.8. The number of carbonyl (C=O) groups is 1. The molecule has 0 radical (unpaired) electrons. The van der Waals surface area contributed by atoms with Gasteiger partial charge in [0, 0.05) is 18.6 Å². The van der Waals surface area contributed by atoms with Gasteiger partial charge in [-0.05, 0) is 19.8 Å². The molecule has 1 aliphatic rings. The van der Waals surface area contributed by atoms with Crippen LogP contribution in [0.5, 0.6) is 0 Å². The Kier molecular flexibility index (Phi) is 3.34. The van der Waals surface area contributed by atoms with Gasteiger partial charge in [0.05, 0.1) is 7.11 Å². The highest BCUT2D eigenvalue weighted by molar-refractivity contribution is 5.67. The van der Waals surface area contributed by atoms with E-state index in [2.05, 4.69) is 22.3 Å². The minimum Gasteiger partial charge on any atom is -0.453 e. The number of alkyl carbamates (subject to hydrolysis) is 1. The number of rotatable bonds is 1. The molecule has 0 bridgehead atoms. The fourth-order valence-corrected chi connectivity index (χ4v) is 1.35. The highest BCUT2D eigenvalue weighted by Crippen LogP contribution is 2.06. The summed E-state index contributed by atoms with van der Waals surface area (Å²) < 4.78 is 4.50. The largest absolute Gasteiger partial charge is 0.453 e. The van der Waals surface area contributed by atoms with Crippen molar-refractivity contribution in [2.24, 2.45) is 0 Å². The first kappa shape index (κ1) is 9.32. The second kappa shape index (κ2) is 4.30. The average Bonchev–Trinajstić information content (AvgIpc) is 2.09. The van der Waals surface area contributed by atoms with Gasteiger partial charge in [-0.1, -0.05) is 0 Å². The summed E-state index contributed by atoms with van der Waals surface area (Å²) in [7, 11) is 1.38. The van der Waals surface area contributed by atoms with Crippen LogP contribution in [0, 0.1) is 0 Å². The quantitative estimate of drug-likeness (QED) is 0.605. The Morgan fingerprint density at radius 3 is 2.83 bits per heavy atom. The summed E-state index contributed by atoms with van der Waals surface area (Å²) in [5.41, 5.74) is 0. The molecule has 1 amide bonds. The molecule has 0 aromatic rings. The number of methoxy groups -OCH3 is 1. The maximum atomic E-state index is 10.8. The van der Waals surface area contributed by atoms with Gasteiger partial charge in [-0.25, -0.2) is 4.79 Å². The van der Waals surface area contributed by atoms with Gasteiger partial charge in [0.2, 0.25) is 0 Å². The molecule has 4 nitrogen and oxygen atoms in total. The predicted molar refractivity (Wildman–Crippen MR) is 46.0 cm³/mol. The highest BCUT2D eigenvalue weighted by atomic mass is 16.5. The molecule has 2 unspecified atom stereocenters. The van der Waals surface area contributed by atoms with E-state index in [1.54, 1.807) is 0 Å². The summed E-state index contributed by atoms with van der Waals surface area (Å²) >= 11 is 0. The van der Waals surface area contributed by atoms with Crippen LogP contribution < -0.4 is 10.6 Å². The van der Waals surface area contributed by atoms with E-state index in [9.17, 15) is 4.79 Å². The first-order valence-corrected chi connectivity index (χ1v) is 4.30. The smallest absolute Gasteiger partial charge is 0.407 e. The molecule has 0 aromatic heterocycles. The Hall–Kier alpha value is -0.770. The van der Waals surface area contributed by atoms with Gasteiger partial charge in [-0.2, -0.15) is 0 Å². The fourth-order valence-electron chi connectivity index (χ4n) is 1.35. The number of ether oxygens (including phenoxy) is 1. The summed E-state index contributed by atoms with van der Waals surface area (Å²) in [5, 5.41) is 6.06. The maximum absolute atomic E-state index is 10.8. The van der Waals surface area contributed by atoms with E-state index in [1.807, 2.05) is 0 Å². The average molecular weight is 172 g/mol. The van der Waals surface area contributed by atoms with Crippen molar-refractivity contribution in [3.05, 3.63) is 0 Å². The van der Waals surface area contributed by atoms with E-state index >= 15 is 0 Å².